The van der Waals surface area contributed by atoms with E-state index in [1.807, 2.05) is 6.08 Å². The highest BCUT2D eigenvalue weighted by molar-refractivity contribution is 5.81. The number of ether oxygens (including phenoxy) is 1. The van der Waals surface area contributed by atoms with Gasteiger partial charge in [-0.25, -0.2) is 4.79 Å². The van der Waals surface area contributed by atoms with Crippen molar-refractivity contribution in [1.82, 2.24) is 0 Å². The van der Waals surface area contributed by atoms with Crippen LogP contribution in [0.4, 0.5) is 0 Å². The van der Waals surface area contributed by atoms with Crippen LogP contribution in [0.15, 0.2) is 12.2 Å². The summed E-state index contributed by atoms with van der Waals surface area (Å²) in [5.74, 6) is -0.281. The highest BCUT2D eigenvalue weighted by Gasteiger charge is 2.03. The van der Waals surface area contributed by atoms with Crippen LogP contribution in [0, 0.1) is 0 Å². The molecule has 0 radical (unpaired) electrons. The first-order chi connectivity index (χ1) is 5.45. The number of hydrogen-bond donors (Lipinski definition) is 0. The smallest absolute Gasteiger partial charge is 0.330 e. The lowest BCUT2D eigenvalue weighted by molar-refractivity contribution is -0.869. The predicted molar refractivity (Wildman–Crippen MR) is 48.7 cm³/mol. The Morgan fingerprint density at radius 1 is 1.38 bits per heavy atom. The van der Waals surface area contributed by atoms with E-state index in [9.17, 15) is 4.79 Å². The highest BCUT2D eigenvalue weighted by Crippen LogP contribution is 1.94. The molecule has 78 valence electrons. The predicted octanol–water partition coefficient (Wildman–Crippen LogP) is -2.18. The van der Waals surface area contributed by atoms with Gasteiger partial charge < -0.3 is 26.2 Å². The molecule has 0 aromatic rings. The van der Waals surface area contributed by atoms with Crippen LogP contribution in [0.2, 0.25) is 0 Å². The maximum Gasteiger partial charge on any atom is 0.330 e. The second-order valence-electron chi connectivity index (χ2n) is 3.73. The monoisotopic (exact) mass is 251 g/mol. The Kier molecular flexibility index (Phi) is 8.26. The zero-order valence-electron chi connectivity index (χ0n) is 8.71. The van der Waals surface area contributed by atoms with Crippen molar-refractivity contribution in [3.8, 4) is 0 Å². The van der Waals surface area contributed by atoms with Gasteiger partial charge in [0.25, 0.3) is 0 Å². The third kappa shape index (κ3) is 11.7. The van der Waals surface area contributed by atoms with Crippen LogP contribution in [-0.2, 0) is 9.53 Å². The van der Waals surface area contributed by atoms with Gasteiger partial charge in [-0.15, -0.1) is 0 Å². The fraction of sp³-hybridized carbons (Fsp3) is 0.667. The molecule has 0 aliphatic carbocycles. The molecule has 0 rings (SSSR count). The minimum Gasteiger partial charge on any atom is -1.00 e. The maximum atomic E-state index is 10.6. The Morgan fingerprint density at radius 2 is 1.92 bits per heavy atom. The van der Waals surface area contributed by atoms with Crippen LogP contribution in [0.25, 0.3) is 0 Å². The Morgan fingerprint density at radius 3 is 2.31 bits per heavy atom. The first-order valence-corrected chi connectivity index (χ1v) is 4.00. The molecule has 0 saturated heterocycles. The molecule has 13 heavy (non-hydrogen) atoms. The molecule has 0 N–H and O–H groups in total. The Hall–Kier alpha value is -0.350. The summed E-state index contributed by atoms with van der Waals surface area (Å²) in [5.41, 5.74) is 0. The molecule has 0 aliphatic rings. The Bertz CT molecular complexity index is 173. The van der Waals surface area contributed by atoms with Gasteiger partial charge in [-0.3, -0.25) is 0 Å². The number of esters is 1. The second-order valence-corrected chi connectivity index (χ2v) is 3.73. The Labute approximate surface area is 90.7 Å². The molecule has 0 bridgehead atoms. The summed E-state index contributed by atoms with van der Waals surface area (Å²) in [6, 6.07) is 0. The van der Waals surface area contributed by atoms with Crippen molar-refractivity contribution in [2.24, 2.45) is 0 Å². The number of methoxy groups -OCH3 is 1. The summed E-state index contributed by atoms with van der Waals surface area (Å²) >= 11 is 0. The summed E-state index contributed by atoms with van der Waals surface area (Å²) in [4.78, 5) is 10.6. The van der Waals surface area contributed by atoms with Gasteiger partial charge in [0.1, 0.15) is 0 Å². The second kappa shape index (κ2) is 7.09. The van der Waals surface area contributed by atoms with Gasteiger partial charge in [0.05, 0.1) is 34.8 Å². The van der Waals surface area contributed by atoms with Crippen molar-refractivity contribution in [3.05, 3.63) is 12.2 Å². The number of carbonyl (C=O) groups excluding carboxylic acids is 1. The Balaban J connectivity index is 0. The summed E-state index contributed by atoms with van der Waals surface area (Å²) < 4.78 is 5.36. The van der Waals surface area contributed by atoms with E-state index in [0.29, 0.717) is 0 Å². The molecule has 0 spiro atoms. The average Bonchev–Trinajstić information content (AvgIpc) is 1.96. The normalized spacial score (nSPS) is 11.1. The summed E-state index contributed by atoms with van der Waals surface area (Å²) in [7, 11) is 7.73. The largest absolute Gasteiger partial charge is 1.00 e. The van der Waals surface area contributed by atoms with E-state index >= 15 is 0 Å². The molecule has 0 aromatic heterocycles. The van der Waals surface area contributed by atoms with Crippen molar-refractivity contribution < 1.29 is 31.0 Å². The maximum absolute atomic E-state index is 10.6. The molecule has 0 aliphatic heterocycles. The molecule has 4 heteroatoms. The quantitative estimate of drug-likeness (QED) is 0.323. The van der Waals surface area contributed by atoms with Crippen LogP contribution in [0.3, 0.4) is 0 Å². The van der Waals surface area contributed by atoms with E-state index in [2.05, 4.69) is 25.9 Å². The highest BCUT2D eigenvalue weighted by atomic mass is 79.9. The summed E-state index contributed by atoms with van der Waals surface area (Å²) in [6.07, 6.45) is 4.21. The fourth-order valence-electron chi connectivity index (χ4n) is 0.709. The van der Waals surface area contributed by atoms with Crippen molar-refractivity contribution in [3.63, 3.8) is 0 Å². The SMILES string of the molecule is COC(=O)/C=C\CC[N+](C)(C)C.[Br-]. The van der Waals surface area contributed by atoms with E-state index in [1.165, 1.54) is 13.2 Å². The van der Waals surface area contributed by atoms with Crippen LogP contribution < -0.4 is 17.0 Å². The molecule has 0 saturated carbocycles. The molecule has 0 amide bonds. The van der Waals surface area contributed by atoms with E-state index < -0.39 is 0 Å². The first-order valence-electron chi connectivity index (χ1n) is 4.00. The summed E-state index contributed by atoms with van der Waals surface area (Å²) in [5, 5.41) is 0. The minimum absolute atomic E-state index is 0. The molecule has 0 heterocycles. The lowest BCUT2D eigenvalue weighted by Crippen LogP contribution is -3.00. The molecule has 3 nitrogen and oxygen atoms in total. The number of carbonyl (C=O) groups is 1. The standard InChI is InChI=1S/C9H18NO2.BrH/c1-10(2,3)8-6-5-7-9(11)12-4;/h5,7H,6,8H2,1-4H3;1H/q+1;/p-1/b7-5-;. The zero-order valence-corrected chi connectivity index (χ0v) is 10.3. The number of nitrogens with zero attached hydrogens (tertiary/aromatic N) is 1. The average molecular weight is 252 g/mol. The first kappa shape index (κ1) is 15.1. The van der Waals surface area contributed by atoms with Crippen molar-refractivity contribution >= 4 is 5.97 Å². The molecule has 0 aromatic carbocycles. The molecule has 0 fully saturated rings. The molecule has 0 atom stereocenters. The minimum atomic E-state index is -0.281. The lowest BCUT2D eigenvalue weighted by atomic mass is 10.3. The van der Waals surface area contributed by atoms with Crippen molar-refractivity contribution in [2.75, 3.05) is 34.8 Å². The molecule has 0 unspecified atom stereocenters. The third-order valence-corrected chi connectivity index (χ3v) is 1.42. The number of hydrogen-bond acceptors (Lipinski definition) is 2. The van der Waals surface area contributed by atoms with Crippen LogP contribution in [-0.4, -0.2) is 45.2 Å². The van der Waals surface area contributed by atoms with Gasteiger partial charge in [-0.2, -0.15) is 0 Å². The summed E-state index contributed by atoms with van der Waals surface area (Å²) in [6.45, 7) is 1.02. The fourth-order valence-corrected chi connectivity index (χ4v) is 0.709. The van der Waals surface area contributed by atoms with E-state index in [4.69, 9.17) is 0 Å². The van der Waals surface area contributed by atoms with Gasteiger partial charge >= 0.3 is 5.97 Å². The van der Waals surface area contributed by atoms with E-state index in [-0.39, 0.29) is 23.0 Å². The zero-order chi connectivity index (χ0) is 9.61. The molecular formula is C9H18BrNO2. The third-order valence-electron chi connectivity index (χ3n) is 1.42. The topological polar surface area (TPSA) is 26.3 Å². The van der Waals surface area contributed by atoms with Gasteiger partial charge in [0, 0.05) is 12.5 Å². The molecular weight excluding hydrogens is 234 g/mol. The number of quaternary nitrogens is 1. The van der Waals surface area contributed by atoms with Gasteiger partial charge in [-0.05, 0) is 0 Å². The van der Waals surface area contributed by atoms with Crippen molar-refractivity contribution in [1.29, 1.82) is 0 Å². The number of rotatable bonds is 4. The lowest BCUT2D eigenvalue weighted by Gasteiger charge is -2.22. The van der Waals surface area contributed by atoms with Crippen molar-refractivity contribution in [2.45, 2.75) is 6.42 Å². The van der Waals surface area contributed by atoms with Crippen LogP contribution in [0.1, 0.15) is 6.42 Å². The van der Waals surface area contributed by atoms with E-state index in [1.54, 1.807) is 0 Å². The number of halogens is 1. The van der Waals surface area contributed by atoms with Crippen LogP contribution >= 0.6 is 0 Å². The van der Waals surface area contributed by atoms with Gasteiger partial charge in [-0.1, -0.05) is 6.08 Å². The van der Waals surface area contributed by atoms with Crippen LogP contribution in [0.5, 0.6) is 0 Å². The van der Waals surface area contributed by atoms with Gasteiger partial charge in [0.2, 0.25) is 0 Å². The van der Waals surface area contributed by atoms with Gasteiger partial charge in [0.15, 0.2) is 0 Å². The van der Waals surface area contributed by atoms with E-state index in [0.717, 1.165) is 17.4 Å².